The van der Waals surface area contributed by atoms with Gasteiger partial charge in [-0.25, -0.2) is 0 Å². The number of thioether (sulfide) groups is 1. The average molecular weight is 412 g/mol. The Kier molecular flexibility index (Phi) is 8.44. The summed E-state index contributed by atoms with van der Waals surface area (Å²) in [4.78, 5) is 13.2. The molecule has 0 bridgehead atoms. The summed E-state index contributed by atoms with van der Waals surface area (Å²) < 4.78 is 4.98. The Bertz CT molecular complexity index is 768. The van der Waals surface area contributed by atoms with E-state index in [-0.39, 0.29) is 11.7 Å². The molecule has 0 aliphatic rings. The van der Waals surface area contributed by atoms with Crippen LogP contribution in [0, 0.1) is 0 Å². The fourth-order valence-electron chi connectivity index (χ4n) is 2.33. The first-order valence-corrected chi connectivity index (χ1v) is 9.90. The summed E-state index contributed by atoms with van der Waals surface area (Å²) in [7, 11) is 3.37. The molecule has 5 nitrogen and oxygen atoms in total. The molecule has 8 heteroatoms. The number of benzene rings is 2. The highest BCUT2D eigenvalue weighted by atomic mass is 35.5. The summed E-state index contributed by atoms with van der Waals surface area (Å²) in [5.41, 5.74) is 2.76. The zero-order valence-electron chi connectivity index (χ0n) is 14.8. The van der Waals surface area contributed by atoms with Crippen molar-refractivity contribution in [1.29, 1.82) is 0 Å². The second-order valence-corrected chi connectivity index (χ2v) is 7.37. The fourth-order valence-corrected chi connectivity index (χ4v) is 3.71. The third-order valence-electron chi connectivity index (χ3n) is 3.57. The molecule has 0 aliphatic heterocycles. The summed E-state index contributed by atoms with van der Waals surface area (Å²) in [6.45, 7) is 1.35. The van der Waals surface area contributed by atoms with Crippen LogP contribution in [-0.2, 0) is 9.53 Å². The average Bonchev–Trinajstić information content (AvgIpc) is 2.63. The number of hydrogen-bond donors (Lipinski definition) is 2. The standard InChI is InChI=1S/C18H22ClN3O2S2/c1-22(18(25)20-10-5-11-24-2)21-16(23)12-26-15-9-4-7-13-6-3-8-14(19)17(13)15/h3-4,6-9H,5,10-12H2,1-2H3,(H,20,25)(H,21,23). The highest BCUT2D eigenvalue weighted by Gasteiger charge is 2.11. The lowest BCUT2D eigenvalue weighted by atomic mass is 10.1. The van der Waals surface area contributed by atoms with Gasteiger partial charge >= 0.3 is 0 Å². The van der Waals surface area contributed by atoms with Gasteiger partial charge in [-0.2, -0.15) is 0 Å². The van der Waals surface area contributed by atoms with Gasteiger partial charge in [0.2, 0.25) is 5.91 Å². The molecule has 0 aliphatic carbocycles. The summed E-state index contributed by atoms with van der Waals surface area (Å²) in [5, 5.41) is 7.76. The number of ether oxygens (including phenoxy) is 1. The Morgan fingerprint density at radius 3 is 2.77 bits per heavy atom. The molecule has 2 aromatic carbocycles. The number of methoxy groups -OCH3 is 1. The van der Waals surface area contributed by atoms with Crippen LogP contribution in [-0.4, -0.2) is 49.1 Å². The number of amides is 1. The number of hydrogen-bond acceptors (Lipinski definition) is 4. The predicted molar refractivity (Wildman–Crippen MR) is 113 cm³/mol. The van der Waals surface area contributed by atoms with Gasteiger partial charge in [0, 0.05) is 42.6 Å². The molecular weight excluding hydrogens is 390 g/mol. The minimum Gasteiger partial charge on any atom is -0.385 e. The monoisotopic (exact) mass is 411 g/mol. The first kappa shape index (κ1) is 20.8. The molecule has 0 fully saturated rings. The maximum absolute atomic E-state index is 12.2. The van der Waals surface area contributed by atoms with Crippen molar-refractivity contribution in [3.63, 3.8) is 0 Å². The number of hydrazine groups is 1. The van der Waals surface area contributed by atoms with Gasteiger partial charge < -0.3 is 10.1 Å². The van der Waals surface area contributed by atoms with Gasteiger partial charge in [-0.3, -0.25) is 15.2 Å². The van der Waals surface area contributed by atoms with Crippen molar-refractivity contribution in [2.75, 3.05) is 33.1 Å². The molecule has 0 unspecified atom stereocenters. The van der Waals surface area contributed by atoms with Gasteiger partial charge in [0.05, 0.1) is 5.75 Å². The van der Waals surface area contributed by atoms with Crippen LogP contribution < -0.4 is 10.7 Å². The number of halogens is 1. The lowest BCUT2D eigenvalue weighted by molar-refractivity contribution is -0.121. The van der Waals surface area contributed by atoms with Crippen LogP contribution >= 0.6 is 35.6 Å². The maximum Gasteiger partial charge on any atom is 0.248 e. The Morgan fingerprint density at radius 1 is 1.31 bits per heavy atom. The second-order valence-electron chi connectivity index (χ2n) is 5.56. The van der Waals surface area contributed by atoms with E-state index in [0.29, 0.717) is 23.3 Å². The van der Waals surface area contributed by atoms with Crippen molar-refractivity contribution in [2.24, 2.45) is 0 Å². The normalized spacial score (nSPS) is 10.6. The predicted octanol–water partition coefficient (Wildman–Crippen LogP) is 3.46. The zero-order valence-corrected chi connectivity index (χ0v) is 17.1. The zero-order chi connectivity index (χ0) is 18.9. The van der Waals surface area contributed by atoms with E-state index in [1.165, 1.54) is 16.8 Å². The van der Waals surface area contributed by atoms with E-state index in [0.717, 1.165) is 22.1 Å². The molecule has 0 atom stereocenters. The van der Waals surface area contributed by atoms with Crippen LogP contribution in [0.2, 0.25) is 5.02 Å². The molecule has 2 rings (SSSR count). The lowest BCUT2D eigenvalue weighted by Gasteiger charge is -2.21. The van der Waals surface area contributed by atoms with Crippen molar-refractivity contribution in [1.82, 2.24) is 15.8 Å². The van der Waals surface area contributed by atoms with E-state index in [1.54, 1.807) is 14.2 Å². The van der Waals surface area contributed by atoms with Crippen molar-refractivity contribution in [3.8, 4) is 0 Å². The fraction of sp³-hybridized carbons (Fsp3) is 0.333. The highest BCUT2D eigenvalue weighted by Crippen LogP contribution is 2.32. The highest BCUT2D eigenvalue weighted by molar-refractivity contribution is 8.00. The van der Waals surface area contributed by atoms with Gasteiger partial charge in [0.25, 0.3) is 0 Å². The lowest BCUT2D eigenvalue weighted by Crippen LogP contribution is -2.48. The number of rotatable bonds is 7. The third-order valence-corrected chi connectivity index (χ3v) is 5.36. The molecule has 2 aromatic rings. The van der Waals surface area contributed by atoms with E-state index < -0.39 is 0 Å². The second kappa shape index (κ2) is 10.6. The van der Waals surface area contributed by atoms with Crippen molar-refractivity contribution < 1.29 is 9.53 Å². The summed E-state index contributed by atoms with van der Waals surface area (Å²) in [6.07, 6.45) is 0.843. The molecule has 0 spiro atoms. The van der Waals surface area contributed by atoms with Crippen LogP contribution in [0.25, 0.3) is 10.8 Å². The molecule has 0 saturated carbocycles. The minimum absolute atomic E-state index is 0.136. The number of carbonyl (C=O) groups is 1. The van der Waals surface area contributed by atoms with Crippen LogP contribution in [0.3, 0.4) is 0 Å². The van der Waals surface area contributed by atoms with E-state index in [9.17, 15) is 4.79 Å². The molecule has 26 heavy (non-hydrogen) atoms. The van der Waals surface area contributed by atoms with E-state index in [2.05, 4.69) is 10.7 Å². The smallest absolute Gasteiger partial charge is 0.248 e. The van der Waals surface area contributed by atoms with Gasteiger partial charge in [0.15, 0.2) is 5.11 Å². The largest absolute Gasteiger partial charge is 0.385 e. The Hall–Kier alpha value is -1.54. The van der Waals surface area contributed by atoms with Gasteiger partial charge in [-0.05, 0) is 36.2 Å². The molecule has 0 saturated heterocycles. The topological polar surface area (TPSA) is 53.6 Å². The molecule has 0 radical (unpaired) electrons. The van der Waals surface area contributed by atoms with Crippen LogP contribution in [0.15, 0.2) is 41.3 Å². The molecule has 0 aromatic heterocycles. The van der Waals surface area contributed by atoms with Crippen molar-refractivity contribution >= 4 is 57.4 Å². The number of nitrogens with zero attached hydrogens (tertiary/aromatic N) is 1. The molecule has 1 amide bonds. The molecular formula is C18H22ClN3O2S2. The maximum atomic E-state index is 12.2. The van der Waals surface area contributed by atoms with E-state index >= 15 is 0 Å². The summed E-state index contributed by atoms with van der Waals surface area (Å²) >= 11 is 13.0. The number of thiocarbonyl (C=S) groups is 1. The van der Waals surface area contributed by atoms with Gasteiger partial charge in [0.1, 0.15) is 0 Å². The molecule has 0 heterocycles. The number of fused-ring (bicyclic) bond motifs is 1. The molecule has 140 valence electrons. The molecule has 2 N–H and O–H groups in total. The minimum atomic E-state index is -0.136. The van der Waals surface area contributed by atoms with Gasteiger partial charge in [-0.1, -0.05) is 35.9 Å². The third kappa shape index (κ3) is 6.02. The van der Waals surface area contributed by atoms with Crippen molar-refractivity contribution in [3.05, 3.63) is 41.4 Å². The first-order chi connectivity index (χ1) is 12.5. The quantitative estimate of drug-likeness (QED) is 0.315. The summed E-state index contributed by atoms with van der Waals surface area (Å²) in [6, 6.07) is 11.7. The van der Waals surface area contributed by atoms with Gasteiger partial charge in [-0.15, -0.1) is 11.8 Å². The Labute approximate surface area is 168 Å². The number of nitrogens with one attached hydrogen (secondary N) is 2. The SMILES string of the molecule is COCCCNC(=S)N(C)NC(=O)CSc1cccc2cccc(Cl)c12. The Morgan fingerprint density at radius 2 is 2.04 bits per heavy atom. The van der Waals surface area contributed by atoms with Crippen LogP contribution in [0.5, 0.6) is 0 Å². The van der Waals surface area contributed by atoms with E-state index in [1.807, 2.05) is 36.4 Å². The van der Waals surface area contributed by atoms with Crippen molar-refractivity contribution in [2.45, 2.75) is 11.3 Å². The first-order valence-electron chi connectivity index (χ1n) is 8.13. The van der Waals surface area contributed by atoms with Crippen LogP contribution in [0.4, 0.5) is 0 Å². The van der Waals surface area contributed by atoms with Crippen LogP contribution in [0.1, 0.15) is 6.42 Å². The summed E-state index contributed by atoms with van der Waals surface area (Å²) in [5.74, 6) is 0.128. The Balaban J connectivity index is 1.86. The number of carbonyl (C=O) groups excluding carboxylic acids is 1. The van der Waals surface area contributed by atoms with E-state index in [4.69, 9.17) is 28.6 Å².